The van der Waals surface area contributed by atoms with Gasteiger partial charge in [0.05, 0.1) is 12.9 Å². The lowest BCUT2D eigenvalue weighted by Crippen LogP contribution is -2.32. The largest absolute Gasteiger partial charge is 0.497 e. The van der Waals surface area contributed by atoms with E-state index in [1.165, 1.54) is 22.9 Å². The average Bonchev–Trinajstić information content (AvgIpc) is 3.47. The lowest BCUT2D eigenvalue weighted by atomic mass is 10.1. The Labute approximate surface area is 197 Å². The molecule has 2 aromatic carbocycles. The molecule has 2 aromatic heterocycles. The second-order valence-electron chi connectivity index (χ2n) is 7.81. The average molecular weight is 462 g/mol. The highest BCUT2D eigenvalue weighted by atomic mass is 32.2. The van der Waals surface area contributed by atoms with Gasteiger partial charge in [-0.05, 0) is 54.8 Å². The standard InChI is InChI=1S/C25H27N5O2S/c1-17-8-9-20(14-18(17)2)30-13-11-27-25(30)33-16-22(31)28-23(24-26-10-12-29(24)3)19-6-5-7-21(15-19)32-4/h5-15,23H,16H2,1-4H3,(H,28,31)/t23-/m1/s1. The first-order valence-electron chi connectivity index (χ1n) is 10.6. The van der Waals surface area contributed by atoms with Gasteiger partial charge in [0.15, 0.2) is 5.16 Å². The van der Waals surface area contributed by atoms with Crippen LogP contribution in [0.25, 0.3) is 5.69 Å². The predicted octanol–water partition coefficient (Wildman–Crippen LogP) is 4.23. The van der Waals surface area contributed by atoms with E-state index in [9.17, 15) is 4.79 Å². The van der Waals surface area contributed by atoms with Crippen LogP contribution in [0, 0.1) is 13.8 Å². The van der Waals surface area contributed by atoms with Gasteiger partial charge in [-0.2, -0.15) is 0 Å². The third-order valence-corrected chi connectivity index (χ3v) is 6.52. The van der Waals surface area contributed by atoms with Gasteiger partial charge < -0.3 is 14.6 Å². The van der Waals surface area contributed by atoms with E-state index in [-0.39, 0.29) is 11.7 Å². The zero-order chi connectivity index (χ0) is 23.4. The van der Waals surface area contributed by atoms with Crippen LogP contribution in [-0.4, -0.2) is 37.9 Å². The number of nitrogens with zero attached hydrogens (tertiary/aromatic N) is 4. The van der Waals surface area contributed by atoms with Crippen LogP contribution >= 0.6 is 11.8 Å². The van der Waals surface area contributed by atoms with Gasteiger partial charge in [0.1, 0.15) is 17.6 Å². The molecule has 0 aliphatic rings. The van der Waals surface area contributed by atoms with Crippen LogP contribution in [0.5, 0.6) is 5.75 Å². The Morgan fingerprint density at radius 3 is 2.64 bits per heavy atom. The molecule has 1 atom stereocenters. The monoisotopic (exact) mass is 461 g/mol. The van der Waals surface area contributed by atoms with Crippen LogP contribution in [-0.2, 0) is 11.8 Å². The van der Waals surface area contributed by atoms with E-state index in [2.05, 4.69) is 47.3 Å². The molecule has 0 radical (unpaired) electrons. The summed E-state index contributed by atoms with van der Waals surface area (Å²) in [5.41, 5.74) is 4.39. The molecule has 0 saturated heterocycles. The summed E-state index contributed by atoms with van der Waals surface area (Å²) in [6, 6.07) is 13.6. The summed E-state index contributed by atoms with van der Waals surface area (Å²) in [4.78, 5) is 21.9. The minimum atomic E-state index is -0.396. The number of carbonyl (C=O) groups excluding carboxylic acids is 1. The SMILES string of the molecule is COc1cccc([C@@H](NC(=O)CSc2nccn2-c2ccc(C)c(C)c2)c2nccn2C)c1. The molecule has 4 aromatic rings. The van der Waals surface area contributed by atoms with Gasteiger partial charge in [0, 0.05) is 37.5 Å². The first-order chi connectivity index (χ1) is 16.0. The highest BCUT2D eigenvalue weighted by Gasteiger charge is 2.22. The summed E-state index contributed by atoms with van der Waals surface area (Å²) in [5.74, 6) is 1.60. The number of thioether (sulfide) groups is 1. The molecule has 8 heteroatoms. The van der Waals surface area contributed by atoms with Crippen molar-refractivity contribution in [3.05, 3.63) is 89.8 Å². The summed E-state index contributed by atoms with van der Waals surface area (Å²) in [7, 11) is 3.54. The van der Waals surface area contributed by atoms with Crippen molar-refractivity contribution >= 4 is 17.7 Å². The number of carbonyl (C=O) groups is 1. The molecule has 0 aliphatic carbocycles. The Hall–Kier alpha value is -3.52. The van der Waals surface area contributed by atoms with Crippen molar-refractivity contribution in [3.8, 4) is 11.4 Å². The second-order valence-corrected chi connectivity index (χ2v) is 8.75. The molecule has 0 spiro atoms. The number of ether oxygens (including phenoxy) is 1. The summed E-state index contributed by atoms with van der Waals surface area (Å²) in [5, 5.41) is 3.90. The maximum Gasteiger partial charge on any atom is 0.231 e. The summed E-state index contributed by atoms with van der Waals surface area (Å²) in [6.45, 7) is 4.18. The lowest BCUT2D eigenvalue weighted by molar-refractivity contribution is -0.119. The number of rotatable bonds is 8. The fourth-order valence-electron chi connectivity index (χ4n) is 3.57. The fraction of sp³-hybridized carbons (Fsp3) is 0.240. The van der Waals surface area contributed by atoms with Gasteiger partial charge in [-0.3, -0.25) is 9.36 Å². The number of benzene rings is 2. The van der Waals surface area contributed by atoms with Gasteiger partial charge >= 0.3 is 0 Å². The van der Waals surface area contributed by atoms with Gasteiger partial charge in [-0.25, -0.2) is 9.97 Å². The molecule has 4 rings (SSSR count). The number of hydrogen-bond donors (Lipinski definition) is 1. The highest BCUT2D eigenvalue weighted by molar-refractivity contribution is 7.99. The number of methoxy groups -OCH3 is 1. The van der Waals surface area contributed by atoms with Crippen molar-refractivity contribution in [3.63, 3.8) is 0 Å². The number of aryl methyl sites for hydroxylation is 3. The second kappa shape index (κ2) is 9.95. The van der Waals surface area contributed by atoms with E-state index in [1.807, 2.05) is 52.8 Å². The van der Waals surface area contributed by atoms with Crippen molar-refractivity contribution in [2.45, 2.75) is 25.0 Å². The van der Waals surface area contributed by atoms with Crippen LogP contribution in [0.15, 0.2) is 72.4 Å². The smallest absolute Gasteiger partial charge is 0.231 e. The Morgan fingerprint density at radius 1 is 1.09 bits per heavy atom. The Kier molecular flexibility index (Phi) is 6.84. The Morgan fingerprint density at radius 2 is 1.91 bits per heavy atom. The zero-order valence-electron chi connectivity index (χ0n) is 19.1. The Bertz CT molecular complexity index is 1260. The summed E-state index contributed by atoms with van der Waals surface area (Å²) >= 11 is 1.40. The van der Waals surface area contributed by atoms with Gasteiger partial charge in [-0.1, -0.05) is 30.0 Å². The number of nitrogens with one attached hydrogen (secondary N) is 1. The first kappa shape index (κ1) is 22.7. The number of hydrogen-bond acceptors (Lipinski definition) is 5. The third kappa shape index (κ3) is 5.12. The van der Waals surface area contributed by atoms with Crippen molar-refractivity contribution in [1.29, 1.82) is 0 Å². The normalized spacial score (nSPS) is 11.9. The summed E-state index contributed by atoms with van der Waals surface area (Å²) in [6.07, 6.45) is 7.26. The number of amides is 1. The van der Waals surface area contributed by atoms with Crippen LogP contribution in [0.2, 0.25) is 0 Å². The quantitative estimate of drug-likeness (QED) is 0.398. The molecule has 33 heavy (non-hydrogen) atoms. The van der Waals surface area contributed by atoms with E-state index >= 15 is 0 Å². The molecular weight excluding hydrogens is 434 g/mol. The topological polar surface area (TPSA) is 74.0 Å². The van der Waals surface area contributed by atoms with Gasteiger partial charge in [0.2, 0.25) is 5.91 Å². The lowest BCUT2D eigenvalue weighted by Gasteiger charge is -2.19. The molecule has 0 aliphatic heterocycles. The van der Waals surface area contributed by atoms with E-state index < -0.39 is 6.04 Å². The molecule has 0 bridgehead atoms. The van der Waals surface area contributed by atoms with Crippen LogP contribution in [0.3, 0.4) is 0 Å². The highest BCUT2D eigenvalue weighted by Crippen LogP contribution is 2.26. The van der Waals surface area contributed by atoms with Crippen molar-refractivity contribution in [2.24, 2.45) is 7.05 Å². The molecule has 0 unspecified atom stereocenters. The van der Waals surface area contributed by atoms with E-state index in [0.29, 0.717) is 0 Å². The molecule has 0 fully saturated rings. The molecular formula is C25H27N5O2S. The minimum absolute atomic E-state index is 0.106. The van der Waals surface area contributed by atoms with Crippen molar-refractivity contribution in [1.82, 2.24) is 24.4 Å². The van der Waals surface area contributed by atoms with Gasteiger partial charge in [0.25, 0.3) is 0 Å². The van der Waals surface area contributed by atoms with Crippen molar-refractivity contribution < 1.29 is 9.53 Å². The molecule has 2 heterocycles. The zero-order valence-corrected chi connectivity index (χ0v) is 20.0. The molecule has 0 saturated carbocycles. The fourth-order valence-corrected chi connectivity index (χ4v) is 4.36. The van der Waals surface area contributed by atoms with E-state index in [4.69, 9.17) is 4.74 Å². The van der Waals surface area contributed by atoms with Crippen LogP contribution < -0.4 is 10.1 Å². The van der Waals surface area contributed by atoms with E-state index in [1.54, 1.807) is 19.5 Å². The van der Waals surface area contributed by atoms with Gasteiger partial charge in [-0.15, -0.1) is 0 Å². The molecule has 7 nitrogen and oxygen atoms in total. The molecule has 1 N–H and O–H groups in total. The Balaban J connectivity index is 1.51. The van der Waals surface area contributed by atoms with Crippen LogP contribution in [0.4, 0.5) is 0 Å². The molecule has 170 valence electrons. The van der Waals surface area contributed by atoms with Crippen molar-refractivity contribution in [2.75, 3.05) is 12.9 Å². The predicted molar refractivity (Wildman–Crippen MR) is 130 cm³/mol. The number of aromatic nitrogens is 4. The minimum Gasteiger partial charge on any atom is -0.497 e. The first-order valence-corrected chi connectivity index (χ1v) is 11.6. The maximum atomic E-state index is 13.0. The van der Waals surface area contributed by atoms with Crippen LogP contribution in [0.1, 0.15) is 28.6 Å². The number of imidazole rings is 2. The molecule has 1 amide bonds. The third-order valence-electron chi connectivity index (χ3n) is 5.56. The summed E-state index contributed by atoms with van der Waals surface area (Å²) < 4.78 is 9.28. The van der Waals surface area contributed by atoms with E-state index in [0.717, 1.165) is 28.0 Å². The maximum absolute atomic E-state index is 13.0.